The predicted octanol–water partition coefficient (Wildman–Crippen LogP) is 7.58. The number of allylic oxidation sites excluding steroid dienone is 5. The summed E-state index contributed by atoms with van der Waals surface area (Å²) in [5, 5.41) is 0. The third-order valence-corrected chi connectivity index (χ3v) is 4.39. The standard InChI is InChI=1S/C25H38O2/c1-7-26-25-19-23(6)16-17-24(25)27-18-10-15-22(5)14-9-13-21(4)12-8-11-20(2)3/h11,13,15-17,19H,7-10,12,14,18H2,1-6H3. The van der Waals surface area contributed by atoms with Crippen LogP contribution in [0.1, 0.15) is 72.3 Å². The van der Waals surface area contributed by atoms with E-state index in [1.807, 2.05) is 19.1 Å². The van der Waals surface area contributed by atoms with Crippen LogP contribution in [0.2, 0.25) is 0 Å². The van der Waals surface area contributed by atoms with Crippen molar-refractivity contribution in [1.82, 2.24) is 0 Å². The highest BCUT2D eigenvalue weighted by Gasteiger charge is 2.04. The quantitative estimate of drug-likeness (QED) is 0.279. The molecule has 1 aromatic carbocycles. The third-order valence-electron chi connectivity index (χ3n) is 4.39. The van der Waals surface area contributed by atoms with Crippen molar-refractivity contribution in [2.45, 2.75) is 73.6 Å². The monoisotopic (exact) mass is 370 g/mol. The second-order valence-electron chi connectivity index (χ2n) is 7.48. The minimum absolute atomic E-state index is 0.653. The molecule has 0 fully saturated rings. The van der Waals surface area contributed by atoms with E-state index in [9.17, 15) is 0 Å². The molecule has 0 aromatic heterocycles. The van der Waals surface area contributed by atoms with Crippen LogP contribution in [-0.2, 0) is 0 Å². The van der Waals surface area contributed by atoms with Crippen LogP contribution in [0, 0.1) is 6.92 Å². The van der Waals surface area contributed by atoms with E-state index >= 15 is 0 Å². The molecule has 0 heterocycles. The van der Waals surface area contributed by atoms with Crippen molar-refractivity contribution in [3.8, 4) is 11.5 Å². The first-order valence-corrected chi connectivity index (χ1v) is 10.2. The van der Waals surface area contributed by atoms with Crippen molar-refractivity contribution in [2.24, 2.45) is 0 Å². The molecule has 0 atom stereocenters. The lowest BCUT2D eigenvalue weighted by Crippen LogP contribution is -2.00. The lowest BCUT2D eigenvalue weighted by atomic mass is 10.1. The van der Waals surface area contributed by atoms with Gasteiger partial charge in [-0.3, -0.25) is 0 Å². The van der Waals surface area contributed by atoms with Crippen molar-refractivity contribution in [1.29, 1.82) is 0 Å². The van der Waals surface area contributed by atoms with Gasteiger partial charge in [0.2, 0.25) is 0 Å². The summed E-state index contributed by atoms with van der Waals surface area (Å²) in [6.45, 7) is 14.2. The summed E-state index contributed by atoms with van der Waals surface area (Å²) in [5.74, 6) is 1.68. The largest absolute Gasteiger partial charge is 0.490 e. The molecular formula is C25H38O2. The molecule has 2 heteroatoms. The van der Waals surface area contributed by atoms with Crippen LogP contribution in [0.4, 0.5) is 0 Å². The highest BCUT2D eigenvalue weighted by molar-refractivity contribution is 5.42. The Hall–Kier alpha value is -1.96. The van der Waals surface area contributed by atoms with Gasteiger partial charge in [0.1, 0.15) is 0 Å². The Kier molecular flexibility index (Phi) is 11.3. The second-order valence-corrected chi connectivity index (χ2v) is 7.48. The zero-order valence-corrected chi connectivity index (χ0v) is 18.2. The molecule has 0 saturated carbocycles. The minimum atomic E-state index is 0.653. The van der Waals surface area contributed by atoms with Gasteiger partial charge in [-0.15, -0.1) is 0 Å². The lowest BCUT2D eigenvalue weighted by Gasteiger charge is -2.12. The molecule has 0 aliphatic heterocycles. The van der Waals surface area contributed by atoms with E-state index in [0.717, 1.165) is 37.2 Å². The first-order chi connectivity index (χ1) is 12.9. The maximum absolute atomic E-state index is 5.91. The molecule has 0 amide bonds. The van der Waals surface area contributed by atoms with Gasteiger partial charge in [0.15, 0.2) is 11.5 Å². The van der Waals surface area contributed by atoms with Gasteiger partial charge in [-0.2, -0.15) is 0 Å². The highest BCUT2D eigenvalue weighted by atomic mass is 16.5. The summed E-state index contributed by atoms with van der Waals surface area (Å²) in [6.07, 6.45) is 12.5. The van der Waals surface area contributed by atoms with Gasteiger partial charge in [-0.25, -0.2) is 0 Å². The first-order valence-electron chi connectivity index (χ1n) is 10.2. The van der Waals surface area contributed by atoms with Crippen molar-refractivity contribution < 1.29 is 9.47 Å². The summed E-state index contributed by atoms with van der Waals surface area (Å²) in [4.78, 5) is 0. The van der Waals surface area contributed by atoms with E-state index in [1.54, 1.807) is 0 Å². The van der Waals surface area contributed by atoms with Crippen molar-refractivity contribution in [3.05, 3.63) is 58.7 Å². The normalized spacial score (nSPS) is 12.1. The number of rotatable bonds is 12. The molecule has 0 bridgehead atoms. The molecule has 0 unspecified atom stereocenters. The maximum atomic E-state index is 5.91. The zero-order chi connectivity index (χ0) is 20.1. The molecule has 0 radical (unpaired) electrons. The fourth-order valence-corrected chi connectivity index (χ4v) is 2.82. The molecule has 0 N–H and O–H groups in total. The van der Waals surface area contributed by atoms with Crippen LogP contribution in [0.5, 0.6) is 11.5 Å². The van der Waals surface area contributed by atoms with E-state index in [1.165, 1.54) is 28.7 Å². The topological polar surface area (TPSA) is 18.5 Å². The van der Waals surface area contributed by atoms with Crippen molar-refractivity contribution in [2.75, 3.05) is 13.2 Å². The molecule has 2 nitrogen and oxygen atoms in total. The van der Waals surface area contributed by atoms with Crippen LogP contribution >= 0.6 is 0 Å². The Morgan fingerprint density at radius 1 is 0.815 bits per heavy atom. The Balaban J connectivity index is 2.34. The highest BCUT2D eigenvalue weighted by Crippen LogP contribution is 2.28. The van der Waals surface area contributed by atoms with Gasteiger partial charge in [-0.05, 0) is 91.3 Å². The van der Waals surface area contributed by atoms with E-state index in [-0.39, 0.29) is 0 Å². The summed E-state index contributed by atoms with van der Waals surface area (Å²) < 4.78 is 11.6. The van der Waals surface area contributed by atoms with Gasteiger partial charge in [0.25, 0.3) is 0 Å². The van der Waals surface area contributed by atoms with E-state index < -0.39 is 0 Å². The van der Waals surface area contributed by atoms with Gasteiger partial charge < -0.3 is 9.47 Å². The molecule has 27 heavy (non-hydrogen) atoms. The van der Waals surface area contributed by atoms with E-state index in [2.05, 4.69) is 58.9 Å². The second kappa shape index (κ2) is 13.2. The summed E-state index contributed by atoms with van der Waals surface area (Å²) in [7, 11) is 0. The van der Waals surface area contributed by atoms with E-state index in [4.69, 9.17) is 9.47 Å². The predicted molar refractivity (Wildman–Crippen MR) is 118 cm³/mol. The van der Waals surface area contributed by atoms with Crippen LogP contribution in [0.15, 0.2) is 53.1 Å². The average molecular weight is 371 g/mol. The van der Waals surface area contributed by atoms with Crippen molar-refractivity contribution >= 4 is 0 Å². The Morgan fingerprint density at radius 2 is 1.44 bits per heavy atom. The van der Waals surface area contributed by atoms with E-state index in [0.29, 0.717) is 13.2 Å². The van der Waals surface area contributed by atoms with Gasteiger partial charge >= 0.3 is 0 Å². The SMILES string of the molecule is CCOc1cc(C)ccc1OCCC=C(C)CCC=C(C)CCC=C(C)C. The van der Waals surface area contributed by atoms with Gasteiger partial charge in [0.05, 0.1) is 13.2 Å². The summed E-state index contributed by atoms with van der Waals surface area (Å²) in [5.41, 5.74) is 5.51. The smallest absolute Gasteiger partial charge is 0.161 e. The van der Waals surface area contributed by atoms with Crippen LogP contribution in [-0.4, -0.2) is 13.2 Å². The molecule has 1 rings (SSSR count). The maximum Gasteiger partial charge on any atom is 0.161 e. The molecule has 0 saturated heterocycles. The Morgan fingerprint density at radius 3 is 2.07 bits per heavy atom. The summed E-state index contributed by atoms with van der Waals surface area (Å²) in [6, 6.07) is 6.09. The Bertz CT molecular complexity index is 646. The Labute approximate surface area is 167 Å². The number of aryl methyl sites for hydroxylation is 1. The first kappa shape index (κ1) is 23.1. The zero-order valence-electron chi connectivity index (χ0n) is 18.2. The third kappa shape index (κ3) is 10.7. The van der Waals surface area contributed by atoms with Crippen LogP contribution < -0.4 is 9.47 Å². The number of ether oxygens (including phenoxy) is 2. The van der Waals surface area contributed by atoms with Gasteiger partial charge in [-0.1, -0.05) is 41.0 Å². The number of hydrogen-bond acceptors (Lipinski definition) is 2. The molecule has 150 valence electrons. The minimum Gasteiger partial charge on any atom is -0.490 e. The molecule has 0 aliphatic rings. The number of hydrogen-bond donors (Lipinski definition) is 0. The lowest BCUT2D eigenvalue weighted by molar-refractivity contribution is 0.280. The fraction of sp³-hybridized carbons (Fsp3) is 0.520. The van der Waals surface area contributed by atoms with Crippen molar-refractivity contribution in [3.63, 3.8) is 0 Å². The van der Waals surface area contributed by atoms with Gasteiger partial charge in [0, 0.05) is 0 Å². The van der Waals surface area contributed by atoms with Crippen LogP contribution in [0.3, 0.4) is 0 Å². The number of benzene rings is 1. The molecule has 0 spiro atoms. The average Bonchev–Trinajstić information content (AvgIpc) is 2.60. The molecular weight excluding hydrogens is 332 g/mol. The molecule has 1 aromatic rings. The summed E-state index contributed by atoms with van der Waals surface area (Å²) >= 11 is 0. The van der Waals surface area contributed by atoms with Crippen LogP contribution in [0.25, 0.3) is 0 Å². The fourth-order valence-electron chi connectivity index (χ4n) is 2.82. The molecule has 0 aliphatic carbocycles.